The Bertz CT molecular complexity index is 1460. The Kier molecular flexibility index (Phi) is 6.05. The van der Waals surface area contributed by atoms with E-state index in [0.29, 0.717) is 38.9 Å². The number of rotatable bonds is 6. The molecular formula is C27H22N4O3S. The number of thioether (sulfide) groups is 1. The molecule has 35 heavy (non-hydrogen) atoms. The molecule has 0 bridgehead atoms. The molecule has 0 aliphatic heterocycles. The summed E-state index contributed by atoms with van der Waals surface area (Å²) in [5.41, 5.74) is 4.03. The quantitative estimate of drug-likeness (QED) is 0.333. The van der Waals surface area contributed by atoms with Crippen LogP contribution >= 0.6 is 11.8 Å². The van der Waals surface area contributed by atoms with Gasteiger partial charge in [0.25, 0.3) is 0 Å². The number of fused-ring (bicyclic) bond motifs is 2. The van der Waals surface area contributed by atoms with Crippen LogP contribution in [-0.2, 0) is 11.2 Å². The normalized spacial score (nSPS) is 13.2. The van der Waals surface area contributed by atoms with Gasteiger partial charge in [-0.3, -0.25) is 19.5 Å². The van der Waals surface area contributed by atoms with Crippen molar-refractivity contribution in [2.24, 2.45) is 0 Å². The van der Waals surface area contributed by atoms with E-state index in [4.69, 9.17) is 0 Å². The Morgan fingerprint density at radius 2 is 1.60 bits per heavy atom. The summed E-state index contributed by atoms with van der Waals surface area (Å²) in [4.78, 5) is 43.0. The van der Waals surface area contributed by atoms with Gasteiger partial charge in [0.1, 0.15) is 0 Å². The Morgan fingerprint density at radius 1 is 0.943 bits per heavy atom. The van der Waals surface area contributed by atoms with Crippen LogP contribution in [0.4, 0.5) is 5.69 Å². The minimum atomic E-state index is -0.491. The first-order chi connectivity index (χ1) is 16.9. The number of aromatic amines is 1. The third kappa shape index (κ3) is 4.40. The van der Waals surface area contributed by atoms with Crippen LogP contribution in [0.5, 0.6) is 0 Å². The third-order valence-electron chi connectivity index (χ3n) is 5.94. The highest BCUT2D eigenvalue weighted by Gasteiger charge is 2.29. The predicted molar refractivity (Wildman–Crippen MR) is 135 cm³/mol. The highest BCUT2D eigenvalue weighted by atomic mass is 32.2. The van der Waals surface area contributed by atoms with E-state index in [2.05, 4.69) is 39.6 Å². The molecule has 1 aliphatic rings. The molecule has 1 atom stereocenters. The molecule has 0 saturated heterocycles. The largest absolute Gasteiger partial charge is 0.325 e. The molecule has 5 rings (SSSR count). The molecule has 4 aromatic rings. The van der Waals surface area contributed by atoms with Gasteiger partial charge in [-0.1, -0.05) is 67.2 Å². The smallest absolute Gasteiger partial charge is 0.237 e. The maximum Gasteiger partial charge on any atom is 0.237 e. The number of carbonyl (C=O) groups is 3. The molecule has 0 spiro atoms. The number of hydrogen-bond donors (Lipinski definition) is 2. The van der Waals surface area contributed by atoms with Crippen LogP contribution in [-0.4, -0.2) is 37.9 Å². The summed E-state index contributed by atoms with van der Waals surface area (Å²) >= 11 is 1.23. The van der Waals surface area contributed by atoms with Gasteiger partial charge in [0.05, 0.1) is 5.25 Å². The van der Waals surface area contributed by atoms with Crippen molar-refractivity contribution in [1.82, 2.24) is 15.2 Å². The lowest BCUT2D eigenvalue weighted by Gasteiger charge is -2.18. The van der Waals surface area contributed by atoms with Crippen molar-refractivity contribution < 1.29 is 14.4 Å². The molecule has 1 aliphatic carbocycles. The van der Waals surface area contributed by atoms with E-state index in [1.54, 1.807) is 49.4 Å². The van der Waals surface area contributed by atoms with E-state index in [-0.39, 0.29) is 17.5 Å². The second-order valence-electron chi connectivity index (χ2n) is 8.23. The molecule has 1 unspecified atom stereocenters. The first-order valence-electron chi connectivity index (χ1n) is 11.3. The number of hydrogen-bond acceptors (Lipinski definition) is 6. The van der Waals surface area contributed by atoms with E-state index in [9.17, 15) is 14.4 Å². The van der Waals surface area contributed by atoms with E-state index in [1.165, 1.54) is 17.3 Å². The minimum Gasteiger partial charge on any atom is -0.325 e. The van der Waals surface area contributed by atoms with Gasteiger partial charge in [-0.25, -0.2) is 4.98 Å². The van der Waals surface area contributed by atoms with E-state index < -0.39 is 5.25 Å². The van der Waals surface area contributed by atoms with Crippen LogP contribution in [0.15, 0.2) is 71.9 Å². The van der Waals surface area contributed by atoms with E-state index in [0.717, 1.165) is 12.0 Å². The SMILES string of the molecule is CCc1ccc(-c2nc(SC(C)C(=O)Nc3ccc4c(c3)C(=O)c3ccccc3C4=O)n[nH]2)cc1. The highest BCUT2D eigenvalue weighted by Crippen LogP contribution is 2.30. The number of nitrogens with one attached hydrogen (secondary N) is 2. The summed E-state index contributed by atoms with van der Waals surface area (Å²) in [6, 6.07) is 19.6. The number of nitrogens with zero attached hydrogens (tertiary/aromatic N) is 2. The van der Waals surface area contributed by atoms with Gasteiger partial charge >= 0.3 is 0 Å². The predicted octanol–water partition coefficient (Wildman–Crippen LogP) is 4.93. The first kappa shape index (κ1) is 22.7. The number of anilines is 1. The maximum atomic E-state index is 12.9. The zero-order valence-corrected chi connectivity index (χ0v) is 20.0. The number of ketones is 2. The Morgan fingerprint density at radius 3 is 2.29 bits per heavy atom. The molecule has 0 fully saturated rings. The molecule has 1 heterocycles. The van der Waals surface area contributed by atoms with Crippen molar-refractivity contribution >= 4 is 34.9 Å². The monoisotopic (exact) mass is 482 g/mol. The zero-order valence-electron chi connectivity index (χ0n) is 19.2. The fourth-order valence-corrected chi connectivity index (χ4v) is 4.68. The average molecular weight is 483 g/mol. The van der Waals surface area contributed by atoms with Gasteiger partial charge in [0, 0.05) is 33.5 Å². The van der Waals surface area contributed by atoms with Gasteiger partial charge in [0.2, 0.25) is 11.1 Å². The molecule has 2 N–H and O–H groups in total. The average Bonchev–Trinajstić information content (AvgIpc) is 3.35. The van der Waals surface area contributed by atoms with Crippen molar-refractivity contribution in [1.29, 1.82) is 0 Å². The van der Waals surface area contributed by atoms with Gasteiger partial charge in [-0.15, -0.1) is 5.10 Å². The fourth-order valence-electron chi connectivity index (χ4n) is 3.96. The van der Waals surface area contributed by atoms with Crippen LogP contribution in [0.1, 0.15) is 51.3 Å². The maximum absolute atomic E-state index is 12.9. The van der Waals surface area contributed by atoms with Gasteiger partial charge in [-0.05, 0) is 37.1 Å². The van der Waals surface area contributed by atoms with Crippen molar-refractivity contribution in [3.63, 3.8) is 0 Å². The number of carbonyl (C=O) groups excluding carboxylic acids is 3. The van der Waals surface area contributed by atoms with Gasteiger partial charge in [-0.2, -0.15) is 0 Å². The molecule has 1 amide bonds. The summed E-state index contributed by atoms with van der Waals surface area (Å²) in [5, 5.41) is 9.95. The Hall–Kier alpha value is -4.04. The second kappa shape index (κ2) is 9.31. The van der Waals surface area contributed by atoms with E-state index >= 15 is 0 Å². The van der Waals surface area contributed by atoms with Crippen LogP contribution in [0.3, 0.4) is 0 Å². The standard InChI is InChI=1S/C27H22N4O3S/c1-3-16-8-10-17(11-9-16)25-29-27(31-30-25)35-15(2)26(34)28-18-12-13-21-22(14-18)24(33)20-7-5-4-6-19(20)23(21)32/h4-15H,3H2,1-2H3,(H,28,34)(H,29,30,31). The zero-order chi connectivity index (χ0) is 24.5. The highest BCUT2D eigenvalue weighted by molar-refractivity contribution is 8.00. The number of amides is 1. The number of aryl methyl sites for hydroxylation is 1. The molecule has 3 aromatic carbocycles. The fraction of sp³-hybridized carbons (Fsp3) is 0.148. The van der Waals surface area contributed by atoms with Crippen LogP contribution in [0, 0.1) is 0 Å². The molecule has 1 aromatic heterocycles. The Labute approximate surface area is 206 Å². The summed E-state index contributed by atoms with van der Waals surface area (Å²) in [6.45, 7) is 3.86. The van der Waals surface area contributed by atoms with Crippen molar-refractivity contribution in [3.05, 3.63) is 94.5 Å². The second-order valence-corrected chi connectivity index (χ2v) is 9.54. The molecule has 174 valence electrons. The van der Waals surface area contributed by atoms with Crippen LogP contribution < -0.4 is 5.32 Å². The lowest BCUT2D eigenvalue weighted by Crippen LogP contribution is -2.24. The van der Waals surface area contributed by atoms with Crippen molar-refractivity contribution in [2.45, 2.75) is 30.7 Å². The Balaban J connectivity index is 1.28. The third-order valence-corrected chi connectivity index (χ3v) is 6.91. The lowest BCUT2D eigenvalue weighted by atomic mass is 9.84. The molecule has 8 heteroatoms. The topological polar surface area (TPSA) is 105 Å². The van der Waals surface area contributed by atoms with Crippen molar-refractivity contribution in [3.8, 4) is 11.4 Å². The lowest BCUT2D eigenvalue weighted by molar-refractivity contribution is -0.115. The molecule has 7 nitrogen and oxygen atoms in total. The molecule has 0 saturated carbocycles. The van der Waals surface area contributed by atoms with Gasteiger partial charge < -0.3 is 5.32 Å². The summed E-state index contributed by atoms with van der Waals surface area (Å²) < 4.78 is 0. The summed E-state index contributed by atoms with van der Waals surface area (Å²) in [5.74, 6) is -0.0415. The summed E-state index contributed by atoms with van der Waals surface area (Å²) in [7, 11) is 0. The van der Waals surface area contributed by atoms with Crippen LogP contribution in [0.25, 0.3) is 11.4 Å². The number of benzene rings is 3. The van der Waals surface area contributed by atoms with Crippen LogP contribution in [0.2, 0.25) is 0 Å². The van der Waals surface area contributed by atoms with Gasteiger partial charge in [0.15, 0.2) is 17.4 Å². The number of aromatic nitrogens is 3. The molecular weight excluding hydrogens is 460 g/mol. The van der Waals surface area contributed by atoms with Crippen molar-refractivity contribution in [2.75, 3.05) is 5.32 Å². The first-order valence-corrected chi connectivity index (χ1v) is 12.1. The minimum absolute atomic E-state index is 0.193. The summed E-state index contributed by atoms with van der Waals surface area (Å²) in [6.07, 6.45) is 0.965. The molecule has 0 radical (unpaired) electrons. The van der Waals surface area contributed by atoms with E-state index in [1.807, 2.05) is 12.1 Å². The number of H-pyrrole nitrogens is 1.